The molecule has 92 valence electrons. The third kappa shape index (κ3) is 1.32. The van der Waals surface area contributed by atoms with Crippen molar-refractivity contribution in [1.29, 1.82) is 0 Å². The van der Waals surface area contributed by atoms with E-state index in [4.69, 9.17) is 0 Å². The molecule has 1 amide bonds. The fourth-order valence-corrected chi connectivity index (χ4v) is 3.12. The van der Waals surface area contributed by atoms with E-state index in [1.807, 2.05) is 29.2 Å². The molecule has 2 nitrogen and oxygen atoms in total. The van der Waals surface area contributed by atoms with Gasteiger partial charge in [-0.1, -0.05) is 38.3 Å². The van der Waals surface area contributed by atoms with E-state index in [1.165, 1.54) is 0 Å². The minimum absolute atomic E-state index is 0.0138. The number of nitrogens with zero attached hydrogens (tertiary/aromatic N) is 1. The normalized spacial score (nSPS) is 26.3. The standard InChI is InChI=1S/C16H17NO/c1-4-12-9-10(2)11(3)15-13-7-5-6-8-14(13)16(18)17(12)15/h5-8,12,15H,2-4,9H2,1H3. The summed E-state index contributed by atoms with van der Waals surface area (Å²) in [5.74, 6) is 0.149. The largest absolute Gasteiger partial charge is 0.324 e. The van der Waals surface area contributed by atoms with Crippen LogP contribution in [0.1, 0.15) is 41.7 Å². The zero-order chi connectivity index (χ0) is 12.9. The van der Waals surface area contributed by atoms with Gasteiger partial charge >= 0.3 is 0 Å². The summed E-state index contributed by atoms with van der Waals surface area (Å²) in [5, 5.41) is 0. The summed E-state index contributed by atoms with van der Waals surface area (Å²) in [7, 11) is 0. The predicted molar refractivity (Wildman–Crippen MR) is 72.3 cm³/mol. The van der Waals surface area contributed by atoms with Crippen LogP contribution in [0.15, 0.2) is 48.6 Å². The van der Waals surface area contributed by atoms with Gasteiger partial charge < -0.3 is 4.90 Å². The van der Waals surface area contributed by atoms with Gasteiger partial charge in [0.15, 0.2) is 0 Å². The lowest BCUT2D eigenvalue weighted by molar-refractivity contribution is 0.0628. The van der Waals surface area contributed by atoms with Crippen molar-refractivity contribution in [3.05, 3.63) is 59.7 Å². The molecule has 18 heavy (non-hydrogen) atoms. The van der Waals surface area contributed by atoms with Crippen molar-refractivity contribution in [1.82, 2.24) is 4.90 Å². The Morgan fingerprint density at radius 1 is 1.33 bits per heavy atom. The van der Waals surface area contributed by atoms with E-state index < -0.39 is 0 Å². The minimum atomic E-state index is 0.0138. The summed E-state index contributed by atoms with van der Waals surface area (Å²) in [4.78, 5) is 14.5. The van der Waals surface area contributed by atoms with Crippen LogP contribution in [-0.4, -0.2) is 16.8 Å². The fraction of sp³-hybridized carbons (Fsp3) is 0.312. The molecule has 2 aliphatic heterocycles. The minimum Gasteiger partial charge on any atom is -0.324 e. The Balaban J connectivity index is 2.16. The molecule has 2 unspecified atom stereocenters. The molecule has 0 bridgehead atoms. The van der Waals surface area contributed by atoms with Crippen molar-refractivity contribution < 1.29 is 4.79 Å². The van der Waals surface area contributed by atoms with Crippen LogP contribution < -0.4 is 0 Å². The number of hydrogen-bond acceptors (Lipinski definition) is 1. The quantitative estimate of drug-likeness (QED) is 0.734. The van der Waals surface area contributed by atoms with E-state index in [2.05, 4.69) is 20.1 Å². The van der Waals surface area contributed by atoms with E-state index in [-0.39, 0.29) is 18.0 Å². The number of amides is 1. The van der Waals surface area contributed by atoms with Crippen LogP contribution in [0.4, 0.5) is 0 Å². The molecule has 0 saturated carbocycles. The van der Waals surface area contributed by atoms with Gasteiger partial charge in [0.25, 0.3) is 5.91 Å². The highest BCUT2D eigenvalue weighted by molar-refractivity contribution is 6.00. The first-order chi connectivity index (χ1) is 8.65. The molecule has 1 aromatic carbocycles. The third-order valence-corrected chi connectivity index (χ3v) is 4.13. The zero-order valence-corrected chi connectivity index (χ0v) is 10.6. The molecule has 3 rings (SSSR count). The highest BCUT2D eigenvalue weighted by Crippen LogP contribution is 2.46. The first-order valence-electron chi connectivity index (χ1n) is 6.43. The molecular weight excluding hydrogens is 222 g/mol. The Morgan fingerprint density at radius 2 is 2.06 bits per heavy atom. The topological polar surface area (TPSA) is 20.3 Å². The van der Waals surface area contributed by atoms with Gasteiger partial charge in [0.1, 0.15) is 0 Å². The molecular formula is C16H17NO. The SMILES string of the molecule is C=C1CC(CC)N2C(=O)c3ccccc3C2C1=C. The fourth-order valence-electron chi connectivity index (χ4n) is 3.12. The summed E-state index contributed by atoms with van der Waals surface area (Å²) in [6, 6.07) is 8.13. The van der Waals surface area contributed by atoms with Crippen LogP contribution in [0.2, 0.25) is 0 Å². The molecule has 2 heteroatoms. The molecule has 0 aromatic heterocycles. The lowest BCUT2D eigenvalue weighted by Gasteiger charge is -2.40. The average molecular weight is 239 g/mol. The number of benzene rings is 1. The number of rotatable bonds is 1. The van der Waals surface area contributed by atoms with Gasteiger partial charge in [-0.05, 0) is 35.6 Å². The van der Waals surface area contributed by atoms with Crippen molar-refractivity contribution in [3.63, 3.8) is 0 Å². The number of carbonyl (C=O) groups is 1. The van der Waals surface area contributed by atoms with Crippen LogP contribution in [0, 0.1) is 0 Å². The zero-order valence-electron chi connectivity index (χ0n) is 10.6. The van der Waals surface area contributed by atoms with Crippen LogP contribution in [-0.2, 0) is 0 Å². The van der Waals surface area contributed by atoms with E-state index >= 15 is 0 Å². The Bertz CT molecular complexity index is 558. The van der Waals surface area contributed by atoms with Crippen LogP contribution in [0.25, 0.3) is 0 Å². The predicted octanol–water partition coefficient (Wildman–Crippen LogP) is 3.48. The molecule has 0 N–H and O–H groups in total. The Morgan fingerprint density at radius 3 is 2.78 bits per heavy atom. The van der Waals surface area contributed by atoms with Gasteiger partial charge in [-0.2, -0.15) is 0 Å². The second-order valence-corrected chi connectivity index (χ2v) is 5.10. The second-order valence-electron chi connectivity index (χ2n) is 5.10. The van der Waals surface area contributed by atoms with Gasteiger partial charge in [0, 0.05) is 11.6 Å². The van der Waals surface area contributed by atoms with Crippen LogP contribution in [0.3, 0.4) is 0 Å². The van der Waals surface area contributed by atoms with Crippen molar-refractivity contribution in [3.8, 4) is 0 Å². The Hall–Kier alpha value is -1.83. The molecule has 2 atom stereocenters. The molecule has 1 aromatic rings. The van der Waals surface area contributed by atoms with Gasteiger partial charge in [-0.25, -0.2) is 0 Å². The van der Waals surface area contributed by atoms with Crippen molar-refractivity contribution >= 4 is 5.91 Å². The molecule has 1 fully saturated rings. The van der Waals surface area contributed by atoms with Gasteiger partial charge in [0.2, 0.25) is 0 Å². The van der Waals surface area contributed by atoms with Crippen molar-refractivity contribution in [2.45, 2.75) is 31.8 Å². The maximum atomic E-state index is 12.5. The first kappa shape index (κ1) is 11.3. The maximum Gasteiger partial charge on any atom is 0.255 e. The molecule has 2 heterocycles. The number of fused-ring (bicyclic) bond motifs is 3. The van der Waals surface area contributed by atoms with E-state index in [0.717, 1.165) is 35.1 Å². The molecule has 1 saturated heterocycles. The molecule has 0 spiro atoms. The van der Waals surface area contributed by atoms with E-state index in [1.54, 1.807) is 0 Å². The summed E-state index contributed by atoms with van der Waals surface area (Å²) >= 11 is 0. The molecule has 0 radical (unpaired) electrons. The van der Waals surface area contributed by atoms with Gasteiger partial charge in [0.05, 0.1) is 6.04 Å². The Labute approximate surface area is 108 Å². The van der Waals surface area contributed by atoms with E-state index in [0.29, 0.717) is 0 Å². The number of carbonyl (C=O) groups excluding carboxylic acids is 1. The lowest BCUT2D eigenvalue weighted by Crippen LogP contribution is -2.42. The average Bonchev–Trinajstić information content (AvgIpc) is 2.69. The summed E-state index contributed by atoms with van der Waals surface area (Å²) in [6.45, 7) is 10.4. The van der Waals surface area contributed by atoms with Crippen molar-refractivity contribution in [2.75, 3.05) is 0 Å². The second kappa shape index (κ2) is 3.84. The van der Waals surface area contributed by atoms with Crippen LogP contribution >= 0.6 is 0 Å². The Kier molecular flexibility index (Phi) is 2.40. The van der Waals surface area contributed by atoms with Crippen molar-refractivity contribution in [2.24, 2.45) is 0 Å². The highest BCUT2D eigenvalue weighted by atomic mass is 16.2. The summed E-state index contributed by atoms with van der Waals surface area (Å²) in [5.41, 5.74) is 4.01. The molecule has 2 aliphatic rings. The number of hydrogen-bond donors (Lipinski definition) is 0. The summed E-state index contributed by atoms with van der Waals surface area (Å²) in [6.07, 6.45) is 1.81. The molecule has 0 aliphatic carbocycles. The monoisotopic (exact) mass is 239 g/mol. The van der Waals surface area contributed by atoms with Gasteiger partial charge in [-0.15, -0.1) is 0 Å². The number of piperidine rings is 1. The third-order valence-electron chi connectivity index (χ3n) is 4.13. The summed E-state index contributed by atoms with van der Waals surface area (Å²) < 4.78 is 0. The smallest absolute Gasteiger partial charge is 0.255 e. The van der Waals surface area contributed by atoms with E-state index in [9.17, 15) is 4.79 Å². The maximum absolute atomic E-state index is 12.5. The van der Waals surface area contributed by atoms with Crippen LogP contribution in [0.5, 0.6) is 0 Å². The highest BCUT2D eigenvalue weighted by Gasteiger charge is 2.44. The lowest BCUT2D eigenvalue weighted by atomic mass is 9.85. The van der Waals surface area contributed by atoms with Gasteiger partial charge in [-0.3, -0.25) is 4.79 Å². The first-order valence-corrected chi connectivity index (χ1v) is 6.43.